The summed E-state index contributed by atoms with van der Waals surface area (Å²) in [6.45, 7) is -6.00. The van der Waals surface area contributed by atoms with Gasteiger partial charge in [-0.2, -0.15) is 0 Å². The van der Waals surface area contributed by atoms with Gasteiger partial charge in [0.05, 0.1) is 39.6 Å². The summed E-state index contributed by atoms with van der Waals surface area (Å²) in [5.41, 5.74) is 0.645. The Bertz CT molecular complexity index is 304. The number of carbonyl (C=O) groups is 2. The largest absolute Gasteiger partial charge is 0.394 e. The summed E-state index contributed by atoms with van der Waals surface area (Å²) in [4.78, 5) is 23.3. The van der Waals surface area contributed by atoms with Crippen molar-refractivity contribution in [1.82, 2.24) is 4.90 Å². The monoisotopic (exact) mass is 296 g/mol. The minimum Gasteiger partial charge on any atom is -0.394 e. The van der Waals surface area contributed by atoms with Gasteiger partial charge in [0.25, 0.3) is 0 Å². The van der Waals surface area contributed by atoms with Crippen LogP contribution in [0, 0.1) is 0 Å². The zero-order valence-corrected chi connectivity index (χ0v) is 10.8. The first kappa shape index (κ1) is 18.7. The number of aliphatic hydroxyl groups is 6. The second-order valence-electron chi connectivity index (χ2n) is 4.40. The Hall–Kier alpha value is -1.30. The first-order valence-corrected chi connectivity index (χ1v) is 5.64. The normalized spacial score (nSPS) is 12.3. The van der Waals surface area contributed by atoms with Crippen molar-refractivity contribution in [3.63, 3.8) is 0 Å². The summed E-state index contributed by atoms with van der Waals surface area (Å²) in [6.07, 6.45) is 0. The molecule has 0 heterocycles. The fourth-order valence-electron chi connectivity index (χ4n) is 1.77. The molecule has 0 spiro atoms. The van der Waals surface area contributed by atoms with Crippen LogP contribution in [0.25, 0.3) is 0 Å². The minimum atomic E-state index is -2.10. The third kappa shape index (κ3) is 3.06. The fraction of sp³-hybridized carbons (Fsp3) is 0.800. The van der Waals surface area contributed by atoms with Crippen molar-refractivity contribution < 1.29 is 40.2 Å². The number of hydrogen-bond acceptors (Lipinski definition) is 8. The Morgan fingerprint density at radius 2 is 1.00 bits per heavy atom. The van der Waals surface area contributed by atoms with E-state index in [1.54, 1.807) is 0 Å². The van der Waals surface area contributed by atoms with Crippen molar-refractivity contribution in [1.29, 1.82) is 0 Å². The Kier molecular flexibility index (Phi) is 6.99. The number of primary amides is 1. The lowest BCUT2D eigenvalue weighted by Gasteiger charge is -2.49. The van der Waals surface area contributed by atoms with Gasteiger partial charge in [-0.3, -0.25) is 9.59 Å². The molecule has 10 nitrogen and oxygen atoms in total. The maximum absolute atomic E-state index is 11.9. The van der Waals surface area contributed by atoms with Crippen LogP contribution in [0.1, 0.15) is 0 Å². The second-order valence-corrected chi connectivity index (χ2v) is 4.40. The molecule has 2 amide bonds. The van der Waals surface area contributed by atoms with Gasteiger partial charge in [-0.1, -0.05) is 0 Å². The first-order chi connectivity index (χ1) is 9.34. The summed E-state index contributed by atoms with van der Waals surface area (Å²) in [5, 5.41) is 55.9. The van der Waals surface area contributed by atoms with Crippen LogP contribution in [0.2, 0.25) is 0 Å². The van der Waals surface area contributed by atoms with E-state index in [0.29, 0.717) is 4.90 Å². The standard InChI is InChI=1S/C10H20N2O8/c11-7(19)8(20)12(9(1-13,2-14)3-15)10(4-16,5-17)6-18/h13-18H,1-6H2,(H2,11,19). The Morgan fingerprint density at radius 3 is 1.15 bits per heavy atom. The van der Waals surface area contributed by atoms with E-state index in [4.69, 9.17) is 5.73 Å². The maximum atomic E-state index is 11.9. The molecular formula is C10H20N2O8. The molecule has 10 heteroatoms. The summed E-state index contributed by atoms with van der Waals surface area (Å²) >= 11 is 0. The van der Waals surface area contributed by atoms with E-state index in [0.717, 1.165) is 0 Å². The summed E-state index contributed by atoms with van der Waals surface area (Å²) in [5.74, 6) is -3.00. The fourth-order valence-corrected chi connectivity index (χ4v) is 1.77. The topological polar surface area (TPSA) is 185 Å². The predicted molar refractivity (Wildman–Crippen MR) is 64.0 cm³/mol. The van der Waals surface area contributed by atoms with E-state index < -0.39 is 62.5 Å². The number of rotatable bonds is 8. The molecule has 0 bridgehead atoms. The van der Waals surface area contributed by atoms with Crippen molar-refractivity contribution in [2.75, 3.05) is 39.6 Å². The quantitative estimate of drug-likeness (QED) is 0.216. The lowest BCUT2D eigenvalue weighted by molar-refractivity contribution is -0.177. The molecule has 0 aromatic carbocycles. The third-order valence-electron chi connectivity index (χ3n) is 3.13. The van der Waals surface area contributed by atoms with E-state index in [-0.39, 0.29) is 0 Å². The molecule has 0 fully saturated rings. The Labute approximate surface area is 114 Å². The number of aliphatic hydroxyl groups excluding tert-OH is 6. The van der Waals surface area contributed by atoms with Gasteiger partial charge < -0.3 is 41.3 Å². The molecule has 0 aromatic rings. The molecule has 0 aliphatic carbocycles. The van der Waals surface area contributed by atoms with Gasteiger partial charge in [0.15, 0.2) is 0 Å². The van der Waals surface area contributed by atoms with Gasteiger partial charge in [-0.05, 0) is 0 Å². The van der Waals surface area contributed by atoms with Gasteiger partial charge in [-0.25, -0.2) is 0 Å². The van der Waals surface area contributed by atoms with Gasteiger partial charge in [-0.15, -0.1) is 0 Å². The highest BCUT2D eigenvalue weighted by molar-refractivity contribution is 6.34. The van der Waals surface area contributed by atoms with Gasteiger partial charge in [0.1, 0.15) is 11.1 Å². The Morgan fingerprint density at radius 1 is 0.750 bits per heavy atom. The van der Waals surface area contributed by atoms with Crippen molar-refractivity contribution in [2.45, 2.75) is 11.1 Å². The molecule has 0 saturated heterocycles. The van der Waals surface area contributed by atoms with Crippen molar-refractivity contribution in [3.05, 3.63) is 0 Å². The highest BCUT2D eigenvalue weighted by atomic mass is 16.3. The van der Waals surface area contributed by atoms with Crippen LogP contribution >= 0.6 is 0 Å². The molecule has 20 heavy (non-hydrogen) atoms. The van der Waals surface area contributed by atoms with Crippen LogP contribution in [0.5, 0.6) is 0 Å². The van der Waals surface area contributed by atoms with E-state index in [2.05, 4.69) is 0 Å². The Balaban J connectivity index is 6.07. The van der Waals surface area contributed by atoms with Gasteiger partial charge in [0.2, 0.25) is 0 Å². The number of hydrogen-bond donors (Lipinski definition) is 7. The van der Waals surface area contributed by atoms with Gasteiger partial charge >= 0.3 is 11.8 Å². The second kappa shape index (κ2) is 7.47. The smallest absolute Gasteiger partial charge is 0.313 e. The molecule has 0 saturated carbocycles. The number of nitrogens with zero attached hydrogens (tertiary/aromatic N) is 1. The summed E-state index contributed by atoms with van der Waals surface area (Å²) < 4.78 is 0. The van der Waals surface area contributed by atoms with Crippen molar-refractivity contribution >= 4 is 11.8 Å². The van der Waals surface area contributed by atoms with Crippen LogP contribution in [0.4, 0.5) is 0 Å². The number of carbonyl (C=O) groups excluding carboxylic acids is 2. The molecule has 0 aliphatic heterocycles. The molecule has 118 valence electrons. The number of nitrogens with two attached hydrogens (primary N) is 1. The first-order valence-electron chi connectivity index (χ1n) is 5.64. The van der Waals surface area contributed by atoms with E-state index >= 15 is 0 Å². The SMILES string of the molecule is NC(=O)C(=O)N(C(CO)(CO)CO)C(CO)(CO)CO. The molecule has 8 N–H and O–H groups in total. The van der Waals surface area contributed by atoms with Crippen LogP contribution in [-0.4, -0.2) is 98.1 Å². The average Bonchev–Trinajstić information content (AvgIpc) is 2.48. The lowest BCUT2D eigenvalue weighted by atomic mass is 9.90. The highest BCUT2D eigenvalue weighted by Crippen LogP contribution is 2.26. The van der Waals surface area contributed by atoms with Gasteiger partial charge in [0, 0.05) is 0 Å². The van der Waals surface area contributed by atoms with E-state index in [1.165, 1.54) is 0 Å². The zero-order chi connectivity index (χ0) is 16.0. The summed E-state index contributed by atoms with van der Waals surface area (Å²) in [7, 11) is 0. The van der Waals surface area contributed by atoms with Crippen LogP contribution in [0.3, 0.4) is 0 Å². The summed E-state index contributed by atoms with van der Waals surface area (Å²) in [6, 6.07) is 0. The number of amides is 2. The minimum absolute atomic E-state index is 0.336. The van der Waals surface area contributed by atoms with Crippen LogP contribution in [-0.2, 0) is 9.59 Å². The molecule has 0 aromatic heterocycles. The molecule has 0 radical (unpaired) electrons. The van der Waals surface area contributed by atoms with Crippen LogP contribution < -0.4 is 5.73 Å². The lowest BCUT2D eigenvalue weighted by Crippen LogP contribution is -2.73. The third-order valence-corrected chi connectivity index (χ3v) is 3.13. The molecule has 0 atom stereocenters. The molecule has 0 rings (SSSR count). The van der Waals surface area contributed by atoms with E-state index in [9.17, 15) is 40.2 Å². The predicted octanol–water partition coefficient (Wildman–Crippen LogP) is -5.27. The van der Waals surface area contributed by atoms with Crippen LogP contribution in [0.15, 0.2) is 0 Å². The highest BCUT2D eigenvalue weighted by Gasteiger charge is 2.51. The molecule has 0 unspecified atom stereocenters. The van der Waals surface area contributed by atoms with Crippen molar-refractivity contribution in [3.8, 4) is 0 Å². The van der Waals surface area contributed by atoms with Crippen molar-refractivity contribution in [2.24, 2.45) is 5.73 Å². The molecule has 0 aliphatic rings. The maximum Gasteiger partial charge on any atom is 0.313 e. The van der Waals surface area contributed by atoms with E-state index in [1.807, 2.05) is 0 Å². The average molecular weight is 296 g/mol. The molecular weight excluding hydrogens is 276 g/mol. The zero-order valence-electron chi connectivity index (χ0n) is 10.8.